The Balaban J connectivity index is 1.000. The average Bonchev–Trinajstić information content (AvgIpc) is 3.88. The minimum absolute atomic E-state index is 1.22. The molecule has 2 aromatic heterocycles. The summed E-state index contributed by atoms with van der Waals surface area (Å²) in [6, 6.07) is 76.7. The first-order valence-corrected chi connectivity index (χ1v) is 22.2. The van der Waals surface area contributed by atoms with E-state index in [2.05, 4.69) is 206 Å². The number of fused-ring (bicyclic) bond motifs is 11. The molecule has 60 heavy (non-hydrogen) atoms. The Morgan fingerprint density at radius 3 is 1.52 bits per heavy atom. The molecular weight excluding hydrogens is 761 g/mol. The summed E-state index contributed by atoms with van der Waals surface area (Å²) in [5, 5.41) is 15.6. The standard InChI is InChI=1S/C58H34S2/c1-3-18-41-35(13-1)15-12-25-42(41)38-16-11-17-40(33-38)54-47-23-7-5-21-45(47)53(46-22-6-8-24-48(46)54)36-27-29-37(30-28-36)55-43-19-4-2-14-39(43)34-50-56-52(60-58(50)55)32-31-49-44-20-9-10-26-51(44)59-57(49)56/h1-34H. The Morgan fingerprint density at radius 2 is 0.783 bits per heavy atom. The summed E-state index contributed by atoms with van der Waals surface area (Å²) in [6.45, 7) is 0. The van der Waals surface area contributed by atoms with Gasteiger partial charge in [0.2, 0.25) is 0 Å². The van der Waals surface area contributed by atoms with Crippen molar-refractivity contribution in [2.24, 2.45) is 0 Å². The topological polar surface area (TPSA) is 0 Å². The van der Waals surface area contributed by atoms with Crippen LogP contribution in [0.4, 0.5) is 0 Å². The van der Waals surface area contributed by atoms with Crippen LogP contribution in [0.3, 0.4) is 0 Å². The van der Waals surface area contributed by atoms with Crippen molar-refractivity contribution < 1.29 is 0 Å². The molecule has 0 aliphatic carbocycles. The van der Waals surface area contributed by atoms with Gasteiger partial charge in [-0.1, -0.05) is 182 Å². The van der Waals surface area contributed by atoms with Crippen molar-refractivity contribution >= 4 is 106 Å². The van der Waals surface area contributed by atoms with Crippen molar-refractivity contribution in [2.75, 3.05) is 0 Å². The highest BCUT2D eigenvalue weighted by Crippen LogP contribution is 2.50. The molecule has 0 nitrogen and oxygen atoms in total. The second-order valence-corrected chi connectivity index (χ2v) is 18.0. The maximum absolute atomic E-state index is 2.43. The van der Waals surface area contributed by atoms with Gasteiger partial charge in [0.05, 0.1) is 0 Å². The maximum atomic E-state index is 2.43. The molecular formula is C58H34S2. The van der Waals surface area contributed by atoms with Gasteiger partial charge in [-0.25, -0.2) is 0 Å². The molecule has 0 atom stereocenters. The second kappa shape index (κ2) is 13.2. The summed E-state index contributed by atoms with van der Waals surface area (Å²) in [7, 11) is 0. The van der Waals surface area contributed by atoms with Crippen LogP contribution < -0.4 is 0 Å². The molecule has 0 radical (unpaired) electrons. The summed E-state index contributed by atoms with van der Waals surface area (Å²) in [5.74, 6) is 0. The van der Waals surface area contributed by atoms with E-state index in [4.69, 9.17) is 0 Å². The lowest BCUT2D eigenvalue weighted by Crippen LogP contribution is -1.91. The number of hydrogen-bond donors (Lipinski definition) is 0. The van der Waals surface area contributed by atoms with Crippen LogP contribution in [-0.4, -0.2) is 0 Å². The minimum atomic E-state index is 1.22. The van der Waals surface area contributed by atoms with Crippen LogP contribution in [0.5, 0.6) is 0 Å². The van der Waals surface area contributed by atoms with Crippen LogP contribution in [0.2, 0.25) is 0 Å². The van der Waals surface area contributed by atoms with Crippen molar-refractivity contribution in [3.8, 4) is 44.5 Å². The fourth-order valence-electron chi connectivity index (χ4n) is 10.0. The minimum Gasteiger partial charge on any atom is -0.134 e. The molecule has 0 saturated heterocycles. The SMILES string of the molecule is c1cc(-c2cccc3ccccc23)cc(-c2c3ccccc3c(-c3ccc(-c4c5ccccc5cc5c4sc4ccc6c7ccccc7sc6c45)cc3)c3ccccc23)c1. The summed E-state index contributed by atoms with van der Waals surface area (Å²) in [5.41, 5.74) is 10.1. The zero-order valence-electron chi connectivity index (χ0n) is 32.4. The van der Waals surface area contributed by atoms with Gasteiger partial charge >= 0.3 is 0 Å². The van der Waals surface area contributed by atoms with Crippen LogP contribution in [0.25, 0.3) is 128 Å². The molecule has 0 N–H and O–H groups in total. The summed E-state index contributed by atoms with van der Waals surface area (Å²) >= 11 is 3.86. The van der Waals surface area contributed by atoms with E-state index in [0.29, 0.717) is 0 Å². The highest BCUT2D eigenvalue weighted by molar-refractivity contribution is 7.30. The van der Waals surface area contributed by atoms with Crippen molar-refractivity contribution in [2.45, 2.75) is 0 Å². The summed E-state index contributed by atoms with van der Waals surface area (Å²) in [4.78, 5) is 0. The summed E-state index contributed by atoms with van der Waals surface area (Å²) < 4.78 is 5.43. The molecule has 2 heteroatoms. The third-order valence-corrected chi connectivity index (χ3v) is 15.0. The monoisotopic (exact) mass is 794 g/mol. The molecule has 0 unspecified atom stereocenters. The number of rotatable bonds is 4. The fraction of sp³-hybridized carbons (Fsp3) is 0. The van der Waals surface area contributed by atoms with Gasteiger partial charge in [0.15, 0.2) is 0 Å². The number of benzene rings is 11. The van der Waals surface area contributed by atoms with Gasteiger partial charge in [0.25, 0.3) is 0 Å². The van der Waals surface area contributed by atoms with Gasteiger partial charge in [-0.15, -0.1) is 22.7 Å². The molecule has 0 bridgehead atoms. The first-order valence-electron chi connectivity index (χ1n) is 20.6. The number of thiophene rings is 2. The quantitative estimate of drug-likeness (QED) is 0.156. The molecule has 0 saturated carbocycles. The van der Waals surface area contributed by atoms with E-state index in [9.17, 15) is 0 Å². The van der Waals surface area contributed by atoms with E-state index >= 15 is 0 Å². The first kappa shape index (κ1) is 33.8. The van der Waals surface area contributed by atoms with E-state index in [1.807, 2.05) is 22.7 Å². The van der Waals surface area contributed by atoms with E-state index in [-0.39, 0.29) is 0 Å². The molecule has 0 aliphatic rings. The molecule has 11 aromatic carbocycles. The Bertz CT molecular complexity index is 3820. The Morgan fingerprint density at radius 1 is 0.250 bits per heavy atom. The largest absolute Gasteiger partial charge is 0.134 e. The van der Waals surface area contributed by atoms with Gasteiger partial charge in [-0.05, 0) is 106 Å². The van der Waals surface area contributed by atoms with Crippen molar-refractivity contribution in [3.63, 3.8) is 0 Å². The van der Waals surface area contributed by atoms with Crippen molar-refractivity contribution in [1.29, 1.82) is 0 Å². The highest BCUT2D eigenvalue weighted by Gasteiger charge is 2.20. The molecule has 0 amide bonds. The maximum Gasteiger partial charge on any atom is 0.0448 e. The Hall–Kier alpha value is -7.10. The van der Waals surface area contributed by atoms with Crippen LogP contribution >= 0.6 is 22.7 Å². The van der Waals surface area contributed by atoms with Gasteiger partial charge in [-0.2, -0.15) is 0 Å². The summed E-state index contributed by atoms with van der Waals surface area (Å²) in [6.07, 6.45) is 0. The van der Waals surface area contributed by atoms with Gasteiger partial charge in [0.1, 0.15) is 0 Å². The van der Waals surface area contributed by atoms with Crippen molar-refractivity contribution in [1.82, 2.24) is 0 Å². The van der Waals surface area contributed by atoms with Crippen LogP contribution in [0.15, 0.2) is 206 Å². The smallest absolute Gasteiger partial charge is 0.0448 e. The van der Waals surface area contributed by atoms with E-state index in [0.717, 1.165) is 0 Å². The molecule has 0 spiro atoms. The van der Waals surface area contributed by atoms with Gasteiger partial charge in [0, 0.05) is 45.9 Å². The third-order valence-electron chi connectivity index (χ3n) is 12.6. The van der Waals surface area contributed by atoms with Gasteiger partial charge in [-0.3, -0.25) is 0 Å². The lowest BCUT2D eigenvalue weighted by atomic mass is 9.85. The average molecular weight is 795 g/mol. The molecule has 278 valence electrons. The van der Waals surface area contributed by atoms with Gasteiger partial charge < -0.3 is 0 Å². The van der Waals surface area contributed by atoms with E-state index in [1.165, 1.54) is 128 Å². The van der Waals surface area contributed by atoms with E-state index < -0.39 is 0 Å². The molecule has 0 aliphatic heterocycles. The molecule has 13 aromatic rings. The lowest BCUT2D eigenvalue weighted by molar-refractivity contribution is 1.63. The molecule has 2 heterocycles. The molecule has 0 fully saturated rings. The third kappa shape index (κ3) is 5.02. The first-order chi connectivity index (χ1) is 29.8. The molecule has 13 rings (SSSR count). The predicted octanol–water partition coefficient (Wildman–Crippen LogP) is 17.7. The zero-order chi connectivity index (χ0) is 39.3. The fourth-order valence-corrected chi connectivity index (χ4v) is 12.6. The highest BCUT2D eigenvalue weighted by atomic mass is 32.1. The second-order valence-electron chi connectivity index (χ2n) is 15.9. The Kier molecular flexibility index (Phi) is 7.45. The lowest BCUT2D eigenvalue weighted by Gasteiger charge is -2.18. The Labute approximate surface area is 354 Å². The van der Waals surface area contributed by atoms with Crippen molar-refractivity contribution in [3.05, 3.63) is 206 Å². The number of hydrogen-bond acceptors (Lipinski definition) is 2. The van der Waals surface area contributed by atoms with Crippen LogP contribution in [0.1, 0.15) is 0 Å². The predicted molar refractivity (Wildman–Crippen MR) is 264 cm³/mol. The van der Waals surface area contributed by atoms with Crippen LogP contribution in [-0.2, 0) is 0 Å². The van der Waals surface area contributed by atoms with E-state index in [1.54, 1.807) is 0 Å². The normalized spacial score (nSPS) is 12.0. The zero-order valence-corrected chi connectivity index (χ0v) is 34.1. The van der Waals surface area contributed by atoms with Crippen LogP contribution in [0, 0.1) is 0 Å².